The zero-order valence-electron chi connectivity index (χ0n) is 14.8. The number of amides is 1. The molecule has 1 amide bonds. The molecule has 6 atom stereocenters. The number of ether oxygens (including phenoxy) is 1. The molecule has 1 aliphatic carbocycles. The second-order valence-electron chi connectivity index (χ2n) is 7.15. The van der Waals surface area contributed by atoms with Crippen LogP contribution in [0, 0.1) is 5.92 Å². The summed E-state index contributed by atoms with van der Waals surface area (Å²) in [6.07, 6.45) is -2.36. The minimum Gasteiger partial charge on any atom is -0.469 e. The number of hydrogen-bond donors (Lipinski definition) is 4. The summed E-state index contributed by atoms with van der Waals surface area (Å²) in [5, 5.41) is 5.97. The summed E-state index contributed by atoms with van der Waals surface area (Å²) in [6.45, 7) is 2.70. The Morgan fingerprint density at radius 3 is 2.54 bits per heavy atom. The number of nitrogens with one attached hydrogen (secondary N) is 4. The van der Waals surface area contributed by atoms with E-state index in [0.29, 0.717) is 6.42 Å². The van der Waals surface area contributed by atoms with Gasteiger partial charge in [0.25, 0.3) is 0 Å². The Morgan fingerprint density at radius 1 is 1.15 bits per heavy atom. The molecule has 0 aromatic carbocycles. The number of esters is 1. The van der Waals surface area contributed by atoms with E-state index in [4.69, 9.17) is 0 Å². The SMILES string of the molecule is COC(=O)C1CC(F)C(F)CC1NC(=O)C1CCC(N2CCNC2)NN1. The summed E-state index contributed by atoms with van der Waals surface area (Å²) < 4.78 is 32.1. The Labute approximate surface area is 151 Å². The molecule has 0 aromatic heterocycles. The lowest BCUT2D eigenvalue weighted by atomic mass is 9.82. The van der Waals surface area contributed by atoms with Crippen LogP contribution in [0.5, 0.6) is 0 Å². The van der Waals surface area contributed by atoms with Crippen molar-refractivity contribution in [2.24, 2.45) is 5.92 Å². The van der Waals surface area contributed by atoms with Crippen LogP contribution in [0.15, 0.2) is 0 Å². The quantitative estimate of drug-likeness (QED) is 0.477. The third kappa shape index (κ3) is 4.30. The maximum absolute atomic E-state index is 13.8. The number of alkyl halides is 2. The summed E-state index contributed by atoms with van der Waals surface area (Å²) in [7, 11) is 1.20. The van der Waals surface area contributed by atoms with Gasteiger partial charge in [0.1, 0.15) is 18.4 Å². The highest BCUT2D eigenvalue weighted by Crippen LogP contribution is 2.30. The molecule has 6 unspecified atom stereocenters. The van der Waals surface area contributed by atoms with Crippen molar-refractivity contribution in [3.05, 3.63) is 0 Å². The first kappa shape index (κ1) is 19.4. The number of rotatable bonds is 4. The molecule has 3 fully saturated rings. The van der Waals surface area contributed by atoms with Gasteiger partial charge in [-0.2, -0.15) is 0 Å². The van der Waals surface area contributed by atoms with Crippen molar-refractivity contribution in [3.63, 3.8) is 0 Å². The molecule has 8 nitrogen and oxygen atoms in total. The molecular weight excluding hydrogens is 348 g/mol. The first-order valence-corrected chi connectivity index (χ1v) is 9.11. The molecule has 26 heavy (non-hydrogen) atoms. The maximum atomic E-state index is 13.8. The molecule has 148 valence electrons. The fraction of sp³-hybridized carbons (Fsp3) is 0.875. The number of hydrogen-bond acceptors (Lipinski definition) is 7. The number of nitrogens with zero attached hydrogens (tertiary/aromatic N) is 1. The van der Waals surface area contributed by atoms with E-state index in [0.717, 1.165) is 26.2 Å². The van der Waals surface area contributed by atoms with Gasteiger partial charge in [-0.05, 0) is 19.3 Å². The predicted octanol–water partition coefficient (Wildman–Crippen LogP) is -0.824. The summed E-state index contributed by atoms with van der Waals surface area (Å²) in [5.41, 5.74) is 6.14. The van der Waals surface area contributed by atoms with E-state index in [1.807, 2.05) is 0 Å². The molecule has 0 aromatic rings. The van der Waals surface area contributed by atoms with Crippen molar-refractivity contribution in [3.8, 4) is 0 Å². The van der Waals surface area contributed by atoms with Gasteiger partial charge < -0.3 is 15.4 Å². The van der Waals surface area contributed by atoms with E-state index in [2.05, 4.69) is 31.1 Å². The van der Waals surface area contributed by atoms with Gasteiger partial charge >= 0.3 is 5.97 Å². The van der Waals surface area contributed by atoms with E-state index in [1.54, 1.807) is 0 Å². The zero-order chi connectivity index (χ0) is 18.7. The van der Waals surface area contributed by atoms with E-state index in [-0.39, 0.29) is 24.9 Å². The van der Waals surface area contributed by atoms with E-state index < -0.39 is 36.3 Å². The fourth-order valence-corrected chi connectivity index (χ4v) is 3.89. The average Bonchev–Trinajstić information content (AvgIpc) is 3.18. The third-order valence-electron chi connectivity index (χ3n) is 5.47. The molecule has 3 rings (SSSR count). The summed E-state index contributed by atoms with van der Waals surface area (Å²) >= 11 is 0. The number of carbonyl (C=O) groups is 2. The molecule has 2 heterocycles. The second kappa shape index (κ2) is 8.55. The van der Waals surface area contributed by atoms with Crippen LogP contribution in [-0.4, -0.2) is 74.2 Å². The minimum atomic E-state index is -1.71. The average molecular weight is 375 g/mol. The molecule has 4 N–H and O–H groups in total. The van der Waals surface area contributed by atoms with Crippen LogP contribution in [0.25, 0.3) is 0 Å². The Morgan fingerprint density at radius 2 is 1.92 bits per heavy atom. The Bertz CT molecular complexity index is 512. The molecule has 0 spiro atoms. The van der Waals surface area contributed by atoms with Crippen molar-refractivity contribution < 1.29 is 23.1 Å². The van der Waals surface area contributed by atoms with E-state index in [9.17, 15) is 18.4 Å². The maximum Gasteiger partial charge on any atom is 0.310 e. The minimum absolute atomic E-state index is 0.147. The smallest absolute Gasteiger partial charge is 0.310 e. The lowest BCUT2D eigenvalue weighted by Gasteiger charge is -2.37. The van der Waals surface area contributed by atoms with E-state index >= 15 is 0 Å². The van der Waals surface area contributed by atoms with Crippen LogP contribution >= 0.6 is 0 Å². The van der Waals surface area contributed by atoms with Crippen LogP contribution in [0.1, 0.15) is 25.7 Å². The molecule has 2 aliphatic heterocycles. The molecule has 0 bridgehead atoms. The molecule has 2 saturated heterocycles. The van der Waals surface area contributed by atoms with E-state index in [1.165, 1.54) is 7.11 Å². The Balaban J connectivity index is 1.53. The van der Waals surface area contributed by atoms with Gasteiger partial charge in [-0.3, -0.25) is 14.5 Å². The monoisotopic (exact) mass is 375 g/mol. The Hall–Kier alpha value is -1.36. The largest absolute Gasteiger partial charge is 0.469 e. The summed E-state index contributed by atoms with van der Waals surface area (Å²) in [5.74, 6) is -1.81. The van der Waals surface area contributed by atoms with Crippen LogP contribution < -0.4 is 21.5 Å². The van der Waals surface area contributed by atoms with Crippen molar-refractivity contribution in [1.82, 2.24) is 26.4 Å². The van der Waals surface area contributed by atoms with Crippen LogP contribution in [0.3, 0.4) is 0 Å². The van der Waals surface area contributed by atoms with Crippen molar-refractivity contribution in [1.29, 1.82) is 0 Å². The van der Waals surface area contributed by atoms with Crippen molar-refractivity contribution in [2.45, 2.75) is 56.3 Å². The summed E-state index contributed by atoms with van der Waals surface area (Å²) in [4.78, 5) is 26.6. The second-order valence-corrected chi connectivity index (χ2v) is 7.15. The van der Waals surface area contributed by atoms with Crippen molar-refractivity contribution >= 4 is 11.9 Å². The van der Waals surface area contributed by atoms with Gasteiger partial charge in [-0.1, -0.05) is 0 Å². The molecule has 10 heteroatoms. The predicted molar refractivity (Wildman–Crippen MR) is 89.1 cm³/mol. The highest BCUT2D eigenvalue weighted by atomic mass is 19.2. The van der Waals surface area contributed by atoms with Gasteiger partial charge in [-0.15, -0.1) is 0 Å². The number of hydrazine groups is 1. The number of carbonyl (C=O) groups excluding carboxylic acids is 2. The topological polar surface area (TPSA) is 94.7 Å². The summed E-state index contributed by atoms with van der Waals surface area (Å²) in [6, 6.07) is -1.25. The van der Waals surface area contributed by atoms with Gasteiger partial charge in [-0.25, -0.2) is 19.6 Å². The third-order valence-corrected chi connectivity index (χ3v) is 5.47. The fourth-order valence-electron chi connectivity index (χ4n) is 3.89. The van der Waals surface area contributed by atoms with Crippen LogP contribution in [-0.2, 0) is 14.3 Å². The molecule has 3 aliphatic rings. The lowest BCUT2D eigenvalue weighted by Crippen LogP contribution is -2.63. The highest BCUT2D eigenvalue weighted by molar-refractivity contribution is 5.83. The Kier molecular flexibility index (Phi) is 6.38. The molecule has 0 radical (unpaired) electrons. The highest BCUT2D eigenvalue weighted by Gasteiger charge is 2.43. The molecule has 1 saturated carbocycles. The lowest BCUT2D eigenvalue weighted by molar-refractivity contribution is -0.149. The molecular formula is C16H27F2N5O3. The van der Waals surface area contributed by atoms with Crippen LogP contribution in [0.4, 0.5) is 8.78 Å². The number of halogens is 2. The first-order chi connectivity index (χ1) is 12.5. The van der Waals surface area contributed by atoms with Gasteiger partial charge in [0.05, 0.1) is 19.2 Å². The van der Waals surface area contributed by atoms with Crippen molar-refractivity contribution in [2.75, 3.05) is 26.9 Å². The zero-order valence-corrected chi connectivity index (χ0v) is 14.8. The standard InChI is InChI=1S/C16H27F2N5O3/c1-26-16(25)9-6-10(17)11(18)7-13(9)20-15(24)12-2-3-14(22-21-12)23-5-4-19-8-23/h9-14,19,21-22H,2-8H2,1H3,(H,20,24). The first-order valence-electron chi connectivity index (χ1n) is 9.11. The van der Waals surface area contributed by atoms with Crippen LogP contribution in [0.2, 0.25) is 0 Å². The normalized spacial score (nSPS) is 38.7. The van der Waals surface area contributed by atoms with Gasteiger partial charge in [0, 0.05) is 32.2 Å². The number of methoxy groups -OCH3 is 1. The van der Waals surface area contributed by atoms with Gasteiger partial charge in [0.2, 0.25) is 5.91 Å². The van der Waals surface area contributed by atoms with Gasteiger partial charge in [0.15, 0.2) is 0 Å².